The monoisotopic (exact) mass is 354 g/mol. The predicted octanol–water partition coefficient (Wildman–Crippen LogP) is 5.35. The zero-order chi connectivity index (χ0) is 18.5. The van der Waals surface area contributed by atoms with Gasteiger partial charge in [0, 0.05) is 5.56 Å². The Morgan fingerprint density at radius 2 is 1.73 bits per heavy atom. The summed E-state index contributed by atoms with van der Waals surface area (Å²) in [6.07, 6.45) is 3.04. The van der Waals surface area contributed by atoms with Gasteiger partial charge >= 0.3 is 6.61 Å². The standard InChI is InChI=1S/C21H16F2O3/c1-25-20-12-14(7-11-19(20)26-21(22)23)6-10-18(24)17-9-8-15-4-2-3-5-16(15)13-17/h2-13,21H,1H3. The Morgan fingerprint density at radius 1 is 0.962 bits per heavy atom. The summed E-state index contributed by atoms with van der Waals surface area (Å²) in [5.74, 6) is -0.0336. The number of ether oxygens (including phenoxy) is 2. The van der Waals surface area contributed by atoms with Crippen molar-refractivity contribution in [2.24, 2.45) is 0 Å². The molecular weight excluding hydrogens is 338 g/mol. The number of fused-ring (bicyclic) bond motifs is 1. The number of rotatable bonds is 6. The molecule has 26 heavy (non-hydrogen) atoms. The Hall–Kier alpha value is -3.21. The van der Waals surface area contributed by atoms with Gasteiger partial charge in [0.05, 0.1) is 7.11 Å². The smallest absolute Gasteiger partial charge is 0.387 e. The average Bonchev–Trinajstić information content (AvgIpc) is 2.66. The second-order valence-corrected chi connectivity index (χ2v) is 5.55. The summed E-state index contributed by atoms with van der Waals surface area (Å²) in [7, 11) is 1.36. The molecule has 3 aromatic rings. The van der Waals surface area contributed by atoms with Crippen LogP contribution in [0.25, 0.3) is 16.8 Å². The first-order valence-electron chi connectivity index (χ1n) is 7.91. The van der Waals surface area contributed by atoms with Gasteiger partial charge in [0.25, 0.3) is 0 Å². The van der Waals surface area contributed by atoms with Crippen molar-refractivity contribution >= 4 is 22.6 Å². The molecule has 0 aliphatic heterocycles. The molecule has 0 fully saturated rings. The van der Waals surface area contributed by atoms with Crippen LogP contribution in [0.2, 0.25) is 0 Å². The van der Waals surface area contributed by atoms with E-state index in [-0.39, 0.29) is 17.3 Å². The van der Waals surface area contributed by atoms with Gasteiger partial charge in [-0.1, -0.05) is 48.5 Å². The Kier molecular flexibility index (Phi) is 5.27. The summed E-state index contributed by atoms with van der Waals surface area (Å²) in [5.41, 5.74) is 1.21. The van der Waals surface area contributed by atoms with E-state index in [1.807, 2.05) is 36.4 Å². The van der Waals surface area contributed by atoms with E-state index in [9.17, 15) is 13.6 Å². The highest BCUT2D eigenvalue weighted by atomic mass is 19.3. The van der Waals surface area contributed by atoms with E-state index in [4.69, 9.17) is 4.74 Å². The molecule has 0 radical (unpaired) electrons. The van der Waals surface area contributed by atoms with E-state index in [2.05, 4.69) is 4.74 Å². The minimum Gasteiger partial charge on any atom is -0.493 e. The van der Waals surface area contributed by atoms with Gasteiger partial charge in [0.15, 0.2) is 17.3 Å². The second kappa shape index (κ2) is 7.78. The van der Waals surface area contributed by atoms with Crippen LogP contribution >= 0.6 is 0 Å². The van der Waals surface area contributed by atoms with Gasteiger partial charge in [-0.05, 0) is 40.6 Å². The lowest BCUT2D eigenvalue weighted by atomic mass is 10.0. The molecule has 0 aliphatic carbocycles. The number of allylic oxidation sites excluding steroid dienone is 1. The van der Waals surface area contributed by atoms with Crippen molar-refractivity contribution in [3.8, 4) is 11.5 Å². The molecule has 0 heterocycles. The van der Waals surface area contributed by atoms with Crippen molar-refractivity contribution < 1.29 is 23.0 Å². The first kappa shape index (κ1) is 17.6. The number of benzene rings is 3. The van der Waals surface area contributed by atoms with E-state index in [1.165, 1.54) is 25.3 Å². The number of alkyl halides is 2. The van der Waals surface area contributed by atoms with Crippen LogP contribution in [0.15, 0.2) is 66.7 Å². The normalized spacial score (nSPS) is 11.2. The van der Waals surface area contributed by atoms with Crippen LogP contribution in [0.1, 0.15) is 15.9 Å². The van der Waals surface area contributed by atoms with Gasteiger partial charge < -0.3 is 9.47 Å². The fourth-order valence-corrected chi connectivity index (χ4v) is 2.59. The van der Waals surface area contributed by atoms with Crippen LogP contribution in [0.3, 0.4) is 0 Å². The van der Waals surface area contributed by atoms with E-state index >= 15 is 0 Å². The first-order valence-corrected chi connectivity index (χ1v) is 7.91. The van der Waals surface area contributed by atoms with Crippen LogP contribution in [-0.4, -0.2) is 19.5 Å². The Balaban J connectivity index is 1.80. The molecule has 0 atom stereocenters. The van der Waals surface area contributed by atoms with Gasteiger partial charge in [-0.2, -0.15) is 8.78 Å². The second-order valence-electron chi connectivity index (χ2n) is 5.55. The third-order valence-electron chi connectivity index (χ3n) is 3.86. The lowest BCUT2D eigenvalue weighted by Crippen LogP contribution is -2.03. The van der Waals surface area contributed by atoms with Crippen molar-refractivity contribution in [1.82, 2.24) is 0 Å². The van der Waals surface area contributed by atoms with E-state index in [0.29, 0.717) is 11.1 Å². The number of methoxy groups -OCH3 is 1. The molecule has 0 spiro atoms. The van der Waals surface area contributed by atoms with Gasteiger partial charge in [0.1, 0.15) is 0 Å². The van der Waals surface area contributed by atoms with Crippen LogP contribution in [-0.2, 0) is 0 Å². The van der Waals surface area contributed by atoms with Gasteiger partial charge in [-0.3, -0.25) is 4.79 Å². The summed E-state index contributed by atoms with van der Waals surface area (Å²) >= 11 is 0. The third-order valence-corrected chi connectivity index (χ3v) is 3.86. The number of carbonyl (C=O) groups is 1. The number of carbonyl (C=O) groups excluding carboxylic acids is 1. The highest BCUT2D eigenvalue weighted by molar-refractivity contribution is 6.08. The summed E-state index contributed by atoms with van der Waals surface area (Å²) < 4.78 is 34.1. The van der Waals surface area contributed by atoms with E-state index in [0.717, 1.165) is 10.8 Å². The number of ketones is 1. The van der Waals surface area contributed by atoms with E-state index < -0.39 is 6.61 Å². The highest BCUT2D eigenvalue weighted by Gasteiger charge is 2.10. The topological polar surface area (TPSA) is 35.5 Å². The van der Waals surface area contributed by atoms with Crippen molar-refractivity contribution in [1.29, 1.82) is 0 Å². The molecule has 3 nitrogen and oxygen atoms in total. The molecule has 132 valence electrons. The Labute approximate surface area is 149 Å². The maximum atomic E-state index is 12.4. The fourth-order valence-electron chi connectivity index (χ4n) is 2.59. The lowest BCUT2D eigenvalue weighted by Gasteiger charge is -2.10. The minimum absolute atomic E-state index is 0.0551. The maximum Gasteiger partial charge on any atom is 0.387 e. The zero-order valence-electron chi connectivity index (χ0n) is 14.0. The van der Waals surface area contributed by atoms with Crippen LogP contribution in [0.5, 0.6) is 11.5 Å². The SMILES string of the molecule is COc1cc(C=CC(=O)c2ccc3ccccc3c2)ccc1OC(F)F. The number of hydrogen-bond acceptors (Lipinski definition) is 3. The largest absolute Gasteiger partial charge is 0.493 e. The van der Waals surface area contributed by atoms with Crippen molar-refractivity contribution in [3.63, 3.8) is 0 Å². The lowest BCUT2D eigenvalue weighted by molar-refractivity contribution is -0.0512. The van der Waals surface area contributed by atoms with Crippen molar-refractivity contribution in [2.45, 2.75) is 6.61 Å². The molecule has 0 aliphatic rings. The summed E-state index contributed by atoms with van der Waals surface area (Å²) in [6.45, 7) is -2.93. The van der Waals surface area contributed by atoms with Gasteiger partial charge in [0.2, 0.25) is 0 Å². The third kappa shape index (κ3) is 4.06. The molecule has 0 bridgehead atoms. The van der Waals surface area contributed by atoms with Gasteiger partial charge in [-0.25, -0.2) is 0 Å². The number of halogens is 2. The van der Waals surface area contributed by atoms with Gasteiger partial charge in [-0.15, -0.1) is 0 Å². The number of hydrogen-bond donors (Lipinski definition) is 0. The molecule has 3 rings (SSSR count). The summed E-state index contributed by atoms with van der Waals surface area (Å²) in [4.78, 5) is 12.4. The molecule has 0 saturated carbocycles. The molecule has 0 amide bonds. The maximum absolute atomic E-state index is 12.4. The molecule has 0 saturated heterocycles. The minimum atomic E-state index is -2.93. The predicted molar refractivity (Wildman–Crippen MR) is 96.9 cm³/mol. The average molecular weight is 354 g/mol. The summed E-state index contributed by atoms with van der Waals surface area (Å²) in [6, 6.07) is 17.8. The molecule has 0 N–H and O–H groups in total. The van der Waals surface area contributed by atoms with Crippen molar-refractivity contribution in [3.05, 3.63) is 77.9 Å². The molecule has 0 unspecified atom stereocenters. The van der Waals surface area contributed by atoms with Crippen LogP contribution in [0.4, 0.5) is 8.78 Å². The van der Waals surface area contributed by atoms with Crippen LogP contribution < -0.4 is 9.47 Å². The zero-order valence-corrected chi connectivity index (χ0v) is 14.0. The summed E-state index contributed by atoms with van der Waals surface area (Å²) in [5, 5.41) is 2.05. The Bertz CT molecular complexity index is 964. The van der Waals surface area contributed by atoms with Crippen molar-refractivity contribution in [2.75, 3.05) is 7.11 Å². The molecular formula is C21H16F2O3. The molecule has 0 aromatic heterocycles. The first-order chi connectivity index (χ1) is 12.6. The molecule has 3 aromatic carbocycles. The molecule has 5 heteroatoms. The quantitative estimate of drug-likeness (QED) is 0.442. The highest BCUT2D eigenvalue weighted by Crippen LogP contribution is 2.30. The van der Waals surface area contributed by atoms with E-state index in [1.54, 1.807) is 18.2 Å². The fraction of sp³-hybridized carbons (Fsp3) is 0.0952. The van der Waals surface area contributed by atoms with Crippen LogP contribution in [0, 0.1) is 0 Å². The Morgan fingerprint density at radius 3 is 2.46 bits per heavy atom.